The van der Waals surface area contributed by atoms with Crippen molar-refractivity contribution in [3.05, 3.63) is 59.7 Å². The molecule has 0 aromatic heterocycles. The first-order valence-corrected chi connectivity index (χ1v) is 10.7. The average Bonchev–Trinajstić information content (AvgIpc) is 3.27. The van der Waals surface area contributed by atoms with E-state index in [1.54, 1.807) is 0 Å². The summed E-state index contributed by atoms with van der Waals surface area (Å²) in [5.41, 5.74) is 4.05. The van der Waals surface area contributed by atoms with Crippen molar-refractivity contribution < 1.29 is 9.59 Å². The van der Waals surface area contributed by atoms with Crippen molar-refractivity contribution in [2.75, 3.05) is 29.9 Å². The van der Waals surface area contributed by atoms with Gasteiger partial charge in [-0.25, -0.2) is 0 Å². The largest absolute Gasteiger partial charge is 0.326 e. The van der Waals surface area contributed by atoms with Crippen molar-refractivity contribution in [2.24, 2.45) is 5.92 Å². The fraction of sp³-hybridized carbons (Fsp3) is 0.417. The Balaban J connectivity index is 1.30. The van der Waals surface area contributed by atoms with Crippen LogP contribution in [-0.2, 0) is 22.4 Å². The van der Waals surface area contributed by atoms with Crippen LogP contribution in [0.3, 0.4) is 0 Å². The Morgan fingerprint density at radius 3 is 2.72 bits per heavy atom. The van der Waals surface area contributed by atoms with Crippen LogP contribution in [0.2, 0.25) is 0 Å². The van der Waals surface area contributed by atoms with Gasteiger partial charge in [-0.2, -0.15) is 0 Å². The monoisotopic (exact) mass is 391 g/mol. The summed E-state index contributed by atoms with van der Waals surface area (Å²) in [5, 5.41) is 6.30. The maximum atomic E-state index is 12.9. The molecule has 0 saturated carbocycles. The van der Waals surface area contributed by atoms with Gasteiger partial charge in [-0.15, -0.1) is 0 Å². The van der Waals surface area contributed by atoms with Crippen LogP contribution in [0.4, 0.5) is 11.4 Å². The second-order valence-corrected chi connectivity index (χ2v) is 8.10. The molecule has 1 fully saturated rings. The van der Waals surface area contributed by atoms with E-state index in [1.807, 2.05) is 47.4 Å². The molecule has 2 heterocycles. The third-order valence-electron chi connectivity index (χ3n) is 5.95. The van der Waals surface area contributed by atoms with Crippen LogP contribution in [0, 0.1) is 5.92 Å². The van der Waals surface area contributed by atoms with Crippen LogP contribution in [0.5, 0.6) is 0 Å². The molecule has 152 valence electrons. The number of anilines is 2. The lowest BCUT2D eigenvalue weighted by Crippen LogP contribution is -2.36. The molecule has 2 aliphatic heterocycles. The van der Waals surface area contributed by atoms with Crippen molar-refractivity contribution in [3.8, 4) is 0 Å². The lowest BCUT2D eigenvalue weighted by molar-refractivity contribution is -0.118. The number of carbonyl (C=O) groups excluding carboxylic acids is 2. The number of aryl methyl sites for hydroxylation is 1. The maximum Gasteiger partial charge on any atom is 0.231 e. The van der Waals surface area contributed by atoms with Gasteiger partial charge in [-0.05, 0) is 74.0 Å². The molecule has 4 rings (SSSR count). The first kappa shape index (κ1) is 19.6. The predicted molar refractivity (Wildman–Crippen MR) is 116 cm³/mol. The number of amides is 2. The van der Waals surface area contributed by atoms with Crippen LogP contribution in [0.15, 0.2) is 48.5 Å². The Bertz CT molecular complexity index is 857. The summed E-state index contributed by atoms with van der Waals surface area (Å²) in [5.74, 6) is 0.804. The molecule has 2 aliphatic rings. The minimum absolute atomic E-state index is 0.0608. The van der Waals surface area contributed by atoms with Crippen molar-refractivity contribution in [1.82, 2.24) is 5.32 Å². The quantitative estimate of drug-likeness (QED) is 0.792. The van der Waals surface area contributed by atoms with Gasteiger partial charge in [0.2, 0.25) is 11.8 Å². The van der Waals surface area contributed by atoms with E-state index < -0.39 is 0 Å². The molecule has 0 bridgehead atoms. The number of nitrogens with zero attached hydrogens (tertiary/aromatic N) is 1. The molecule has 2 N–H and O–H groups in total. The van der Waals surface area contributed by atoms with Crippen LogP contribution in [-0.4, -0.2) is 31.4 Å². The summed E-state index contributed by atoms with van der Waals surface area (Å²) in [6, 6.07) is 15.8. The molecule has 0 spiro atoms. The number of nitrogens with one attached hydrogen (secondary N) is 2. The zero-order chi connectivity index (χ0) is 20.1. The van der Waals surface area contributed by atoms with Crippen molar-refractivity contribution in [1.29, 1.82) is 0 Å². The topological polar surface area (TPSA) is 61.4 Å². The molecule has 5 heteroatoms. The first-order chi connectivity index (χ1) is 14.2. The highest BCUT2D eigenvalue weighted by atomic mass is 16.2. The molecular weight excluding hydrogens is 362 g/mol. The van der Waals surface area contributed by atoms with Crippen LogP contribution in [0.1, 0.15) is 36.8 Å². The molecule has 1 atom stereocenters. The molecule has 1 saturated heterocycles. The van der Waals surface area contributed by atoms with Crippen molar-refractivity contribution >= 4 is 23.2 Å². The number of fused-ring (bicyclic) bond motifs is 1. The molecule has 2 amide bonds. The number of carbonyl (C=O) groups is 2. The van der Waals surface area contributed by atoms with Crippen molar-refractivity contribution in [3.63, 3.8) is 0 Å². The SMILES string of the molecule is O=C(CCC1CCNC1)Nc1ccc(CC(=O)N2CCCc3ccccc32)cc1. The second kappa shape index (κ2) is 9.23. The molecule has 5 nitrogen and oxygen atoms in total. The number of rotatable bonds is 6. The molecular formula is C24H29N3O2. The van der Waals surface area contributed by atoms with Gasteiger partial charge in [0.05, 0.1) is 6.42 Å². The van der Waals surface area contributed by atoms with Crippen molar-refractivity contribution in [2.45, 2.75) is 38.5 Å². The molecule has 0 aliphatic carbocycles. The van der Waals surface area contributed by atoms with E-state index in [1.165, 1.54) is 5.56 Å². The second-order valence-electron chi connectivity index (χ2n) is 8.10. The molecule has 2 aromatic rings. The smallest absolute Gasteiger partial charge is 0.231 e. The van der Waals surface area contributed by atoms with Gasteiger partial charge < -0.3 is 15.5 Å². The predicted octanol–water partition coefficient (Wildman–Crippen LogP) is 3.54. The van der Waals surface area contributed by atoms with Gasteiger partial charge in [0.25, 0.3) is 0 Å². The first-order valence-electron chi connectivity index (χ1n) is 10.7. The van der Waals surface area contributed by atoms with Gasteiger partial charge in [0, 0.05) is 24.3 Å². The van der Waals surface area contributed by atoms with E-state index in [0.717, 1.165) is 62.3 Å². The Morgan fingerprint density at radius 1 is 1.10 bits per heavy atom. The van der Waals surface area contributed by atoms with Crippen LogP contribution >= 0.6 is 0 Å². The Morgan fingerprint density at radius 2 is 1.93 bits per heavy atom. The number of hydrogen-bond acceptors (Lipinski definition) is 3. The summed E-state index contributed by atoms with van der Waals surface area (Å²) < 4.78 is 0. The van der Waals surface area contributed by atoms with Gasteiger partial charge in [-0.3, -0.25) is 9.59 Å². The number of hydrogen-bond donors (Lipinski definition) is 2. The summed E-state index contributed by atoms with van der Waals surface area (Å²) in [6.45, 7) is 2.87. The van der Waals surface area contributed by atoms with Gasteiger partial charge in [0.1, 0.15) is 0 Å². The van der Waals surface area contributed by atoms with E-state index in [9.17, 15) is 9.59 Å². The van der Waals surface area contributed by atoms with Gasteiger partial charge in [-0.1, -0.05) is 30.3 Å². The number of para-hydroxylation sites is 1. The minimum atomic E-state index is 0.0608. The minimum Gasteiger partial charge on any atom is -0.326 e. The standard InChI is InChI=1S/C24H29N3O2/c28-23(12-9-19-13-14-25-17-19)26-21-10-7-18(8-11-21)16-24(29)27-15-3-5-20-4-1-2-6-22(20)27/h1-2,4,6-8,10-11,19,25H,3,5,9,12-17H2,(H,26,28). The van der Waals surface area contributed by atoms with E-state index >= 15 is 0 Å². The van der Waals surface area contributed by atoms with Gasteiger partial charge in [0.15, 0.2) is 0 Å². The highest BCUT2D eigenvalue weighted by molar-refractivity contribution is 5.96. The summed E-state index contributed by atoms with van der Waals surface area (Å²) in [6.07, 6.45) is 5.06. The van der Waals surface area contributed by atoms with E-state index in [4.69, 9.17) is 0 Å². The van der Waals surface area contributed by atoms with E-state index in [0.29, 0.717) is 18.8 Å². The van der Waals surface area contributed by atoms with Crippen LogP contribution in [0.25, 0.3) is 0 Å². The third-order valence-corrected chi connectivity index (χ3v) is 5.95. The normalized spacial score (nSPS) is 18.3. The fourth-order valence-corrected chi connectivity index (χ4v) is 4.29. The highest BCUT2D eigenvalue weighted by Gasteiger charge is 2.22. The van der Waals surface area contributed by atoms with Crippen LogP contribution < -0.4 is 15.5 Å². The molecule has 1 unspecified atom stereocenters. The fourth-order valence-electron chi connectivity index (χ4n) is 4.29. The Hall–Kier alpha value is -2.66. The van der Waals surface area contributed by atoms with Gasteiger partial charge >= 0.3 is 0 Å². The Labute approximate surface area is 172 Å². The lowest BCUT2D eigenvalue weighted by atomic mass is 10.0. The van der Waals surface area contributed by atoms with E-state index in [-0.39, 0.29) is 11.8 Å². The lowest BCUT2D eigenvalue weighted by Gasteiger charge is -2.29. The maximum absolute atomic E-state index is 12.9. The number of benzene rings is 2. The average molecular weight is 392 g/mol. The summed E-state index contributed by atoms with van der Waals surface area (Å²) in [7, 11) is 0. The zero-order valence-corrected chi connectivity index (χ0v) is 16.8. The highest BCUT2D eigenvalue weighted by Crippen LogP contribution is 2.27. The molecule has 0 radical (unpaired) electrons. The summed E-state index contributed by atoms with van der Waals surface area (Å²) in [4.78, 5) is 26.9. The third kappa shape index (κ3) is 5.04. The van der Waals surface area contributed by atoms with E-state index in [2.05, 4.69) is 16.7 Å². The molecule has 2 aromatic carbocycles. The zero-order valence-electron chi connectivity index (χ0n) is 16.8. The Kier molecular flexibility index (Phi) is 6.25. The summed E-state index contributed by atoms with van der Waals surface area (Å²) >= 11 is 0. The molecule has 29 heavy (non-hydrogen) atoms.